The molecule has 5 heteroatoms. The Morgan fingerprint density at radius 1 is 1.16 bits per heavy atom. The average molecular weight is 356 g/mol. The van der Waals surface area contributed by atoms with Crippen LogP contribution in [0.4, 0.5) is 0 Å². The van der Waals surface area contributed by atoms with E-state index in [0.717, 1.165) is 28.6 Å². The van der Waals surface area contributed by atoms with Gasteiger partial charge in [0, 0.05) is 36.8 Å². The second-order valence-corrected chi connectivity index (χ2v) is 8.34. The second-order valence-electron chi connectivity index (χ2n) is 7.13. The zero-order chi connectivity index (χ0) is 18.0. The highest BCUT2D eigenvalue weighted by molar-refractivity contribution is 7.16. The van der Waals surface area contributed by atoms with Gasteiger partial charge >= 0.3 is 0 Å². The summed E-state index contributed by atoms with van der Waals surface area (Å²) in [4.78, 5) is 21.3. The van der Waals surface area contributed by atoms with E-state index in [1.807, 2.05) is 13.1 Å². The van der Waals surface area contributed by atoms with Crippen molar-refractivity contribution in [3.05, 3.63) is 68.6 Å². The lowest BCUT2D eigenvalue weighted by Crippen LogP contribution is -2.28. The normalized spacial score (nSPS) is 11.8. The predicted molar refractivity (Wildman–Crippen MR) is 104 cm³/mol. The Morgan fingerprint density at radius 2 is 1.88 bits per heavy atom. The van der Waals surface area contributed by atoms with E-state index < -0.39 is 0 Å². The molecule has 0 unspecified atom stereocenters. The van der Waals surface area contributed by atoms with Crippen LogP contribution in [0.5, 0.6) is 0 Å². The highest BCUT2D eigenvalue weighted by Crippen LogP contribution is 2.15. The van der Waals surface area contributed by atoms with Crippen LogP contribution >= 0.6 is 11.3 Å². The quantitative estimate of drug-likeness (QED) is 0.670. The van der Waals surface area contributed by atoms with E-state index in [0.29, 0.717) is 12.5 Å². The fraction of sp³-hybridized carbons (Fsp3) is 0.400. The predicted octanol–water partition coefficient (Wildman–Crippen LogP) is 4.03. The molecule has 4 nitrogen and oxygen atoms in total. The van der Waals surface area contributed by atoms with Crippen molar-refractivity contribution in [2.45, 2.75) is 40.8 Å². The molecule has 2 aromatic heterocycles. The van der Waals surface area contributed by atoms with Gasteiger partial charge in [-0.2, -0.15) is 0 Å². The van der Waals surface area contributed by atoms with Crippen molar-refractivity contribution in [3.8, 4) is 0 Å². The number of hydrogen-bond donors (Lipinski definition) is 0. The van der Waals surface area contributed by atoms with Crippen molar-refractivity contribution in [1.29, 1.82) is 0 Å². The largest absolute Gasteiger partial charge is 0.293 e. The van der Waals surface area contributed by atoms with Crippen LogP contribution in [0.1, 0.15) is 35.5 Å². The van der Waals surface area contributed by atoms with E-state index in [2.05, 4.69) is 49.9 Å². The number of fused-ring (bicyclic) bond motifs is 1. The van der Waals surface area contributed by atoms with E-state index in [1.165, 1.54) is 11.1 Å². The molecule has 0 saturated carbocycles. The summed E-state index contributed by atoms with van der Waals surface area (Å²) in [5.74, 6) is 0.555. The first-order chi connectivity index (χ1) is 11.9. The number of benzene rings is 1. The molecule has 0 spiro atoms. The third kappa shape index (κ3) is 4.55. The first kappa shape index (κ1) is 17.8. The van der Waals surface area contributed by atoms with Gasteiger partial charge in [0.2, 0.25) is 0 Å². The molecule has 0 atom stereocenters. The summed E-state index contributed by atoms with van der Waals surface area (Å²) in [5, 5.41) is 0. The molecule has 2 heterocycles. The van der Waals surface area contributed by atoms with Crippen LogP contribution in [-0.2, 0) is 13.1 Å². The Morgan fingerprint density at radius 3 is 2.56 bits per heavy atom. The topological polar surface area (TPSA) is 37.6 Å². The summed E-state index contributed by atoms with van der Waals surface area (Å²) in [6.07, 6.45) is 1.86. The standard InChI is InChI=1S/C20H25N3OS/c1-14(2)10-22(12-17-7-5-15(3)6-8-17)13-18-9-19(24)23-11-16(4)25-20(23)21-18/h5-9,11,14H,10,12-13H2,1-4H3. The Kier molecular flexibility index (Phi) is 5.35. The first-order valence-electron chi connectivity index (χ1n) is 8.67. The molecule has 0 fully saturated rings. The van der Waals surface area contributed by atoms with Gasteiger partial charge in [-0.25, -0.2) is 4.98 Å². The molecule has 1 aromatic carbocycles. The lowest BCUT2D eigenvalue weighted by molar-refractivity contribution is 0.225. The van der Waals surface area contributed by atoms with Gasteiger partial charge < -0.3 is 0 Å². The number of rotatable bonds is 6. The van der Waals surface area contributed by atoms with Gasteiger partial charge in [-0.05, 0) is 25.3 Å². The van der Waals surface area contributed by atoms with E-state index in [-0.39, 0.29) is 5.56 Å². The Balaban J connectivity index is 1.84. The Hall–Kier alpha value is -1.98. The molecule has 25 heavy (non-hydrogen) atoms. The van der Waals surface area contributed by atoms with Crippen LogP contribution in [-0.4, -0.2) is 20.8 Å². The maximum Gasteiger partial charge on any atom is 0.258 e. The first-order valence-corrected chi connectivity index (χ1v) is 9.49. The summed E-state index contributed by atoms with van der Waals surface area (Å²) in [5.41, 5.74) is 3.41. The van der Waals surface area contributed by atoms with Crippen molar-refractivity contribution in [2.75, 3.05) is 6.54 Å². The van der Waals surface area contributed by atoms with Gasteiger partial charge in [0.05, 0.1) is 5.69 Å². The summed E-state index contributed by atoms with van der Waals surface area (Å²) in [6, 6.07) is 10.3. The maximum absolute atomic E-state index is 12.3. The molecule has 0 aliphatic rings. The van der Waals surface area contributed by atoms with Crippen LogP contribution in [0.25, 0.3) is 4.96 Å². The van der Waals surface area contributed by atoms with Crippen LogP contribution in [0.15, 0.2) is 41.3 Å². The van der Waals surface area contributed by atoms with Gasteiger partial charge in [0.25, 0.3) is 5.56 Å². The molecule has 3 aromatic rings. The summed E-state index contributed by atoms with van der Waals surface area (Å²) >= 11 is 1.56. The number of aryl methyl sites for hydroxylation is 2. The number of aromatic nitrogens is 2. The van der Waals surface area contributed by atoms with Crippen molar-refractivity contribution < 1.29 is 0 Å². The second kappa shape index (κ2) is 7.50. The molecule has 0 amide bonds. The van der Waals surface area contributed by atoms with Crippen molar-refractivity contribution in [3.63, 3.8) is 0 Å². The van der Waals surface area contributed by atoms with Gasteiger partial charge in [-0.1, -0.05) is 43.7 Å². The fourth-order valence-electron chi connectivity index (χ4n) is 3.02. The van der Waals surface area contributed by atoms with E-state index in [1.54, 1.807) is 21.8 Å². The molecule has 0 aliphatic heterocycles. The monoisotopic (exact) mass is 355 g/mol. The SMILES string of the molecule is Cc1ccc(CN(Cc2cc(=O)n3cc(C)sc3n2)CC(C)C)cc1. The third-order valence-electron chi connectivity index (χ3n) is 4.07. The molecule has 3 rings (SSSR count). The minimum Gasteiger partial charge on any atom is -0.293 e. The minimum absolute atomic E-state index is 0.00387. The van der Waals surface area contributed by atoms with Gasteiger partial charge in [-0.3, -0.25) is 14.1 Å². The molecule has 0 aliphatic carbocycles. The van der Waals surface area contributed by atoms with Gasteiger partial charge in [0.15, 0.2) is 4.96 Å². The smallest absolute Gasteiger partial charge is 0.258 e. The van der Waals surface area contributed by atoms with Crippen molar-refractivity contribution in [2.24, 2.45) is 5.92 Å². The number of hydrogen-bond acceptors (Lipinski definition) is 4. The van der Waals surface area contributed by atoms with Gasteiger partial charge in [-0.15, -0.1) is 11.3 Å². The van der Waals surface area contributed by atoms with Crippen molar-refractivity contribution >= 4 is 16.3 Å². The average Bonchev–Trinajstić information content (AvgIpc) is 2.90. The molecule has 0 radical (unpaired) electrons. The summed E-state index contributed by atoms with van der Waals surface area (Å²) in [7, 11) is 0. The molecule has 0 bridgehead atoms. The third-order valence-corrected chi connectivity index (χ3v) is 4.97. The lowest BCUT2D eigenvalue weighted by Gasteiger charge is -2.24. The van der Waals surface area contributed by atoms with Gasteiger partial charge in [0.1, 0.15) is 0 Å². The van der Waals surface area contributed by atoms with Crippen LogP contribution < -0.4 is 5.56 Å². The Bertz CT molecular complexity index is 909. The van der Waals surface area contributed by atoms with Crippen molar-refractivity contribution in [1.82, 2.24) is 14.3 Å². The van der Waals surface area contributed by atoms with Crippen LogP contribution in [0, 0.1) is 19.8 Å². The van der Waals surface area contributed by atoms with E-state index >= 15 is 0 Å². The summed E-state index contributed by atoms with van der Waals surface area (Å²) < 4.78 is 1.64. The zero-order valence-electron chi connectivity index (χ0n) is 15.3. The Labute approximate surface area is 152 Å². The maximum atomic E-state index is 12.3. The molecule has 0 saturated heterocycles. The zero-order valence-corrected chi connectivity index (χ0v) is 16.1. The number of thiazole rings is 1. The fourth-order valence-corrected chi connectivity index (χ4v) is 3.87. The highest BCUT2D eigenvalue weighted by atomic mass is 32.1. The molecular weight excluding hydrogens is 330 g/mol. The molecule has 0 N–H and O–H groups in total. The van der Waals surface area contributed by atoms with E-state index in [4.69, 9.17) is 4.98 Å². The number of nitrogens with zero attached hydrogens (tertiary/aromatic N) is 3. The molecule has 132 valence electrons. The van der Waals surface area contributed by atoms with Crippen LogP contribution in [0.2, 0.25) is 0 Å². The minimum atomic E-state index is 0.00387. The van der Waals surface area contributed by atoms with Crippen LogP contribution in [0.3, 0.4) is 0 Å². The van der Waals surface area contributed by atoms with E-state index in [9.17, 15) is 4.79 Å². The highest BCUT2D eigenvalue weighted by Gasteiger charge is 2.12. The lowest BCUT2D eigenvalue weighted by atomic mass is 10.1. The summed E-state index contributed by atoms with van der Waals surface area (Å²) in [6.45, 7) is 11.1. The molecular formula is C20H25N3OS.